The molecule has 224 valence electrons. The van der Waals surface area contributed by atoms with E-state index in [1.807, 2.05) is 48.5 Å². The van der Waals surface area contributed by atoms with E-state index in [0.29, 0.717) is 36.1 Å². The highest BCUT2D eigenvalue weighted by atomic mass is 16.5. The largest absolute Gasteiger partial charge is 0.466 e. The van der Waals surface area contributed by atoms with Crippen molar-refractivity contribution in [2.24, 2.45) is 0 Å². The number of esters is 1. The molecule has 1 heterocycles. The monoisotopic (exact) mass is 582 g/mol. The zero-order chi connectivity index (χ0) is 30.3. The van der Waals surface area contributed by atoms with Gasteiger partial charge in [-0.25, -0.2) is 4.68 Å². The highest BCUT2D eigenvalue weighted by molar-refractivity contribution is 6.02. The van der Waals surface area contributed by atoms with Gasteiger partial charge in [-0.15, -0.1) is 0 Å². The average Bonchev–Trinajstić information content (AvgIpc) is 3.33. The third kappa shape index (κ3) is 6.88. The Balaban J connectivity index is 1.29. The van der Waals surface area contributed by atoms with E-state index in [4.69, 9.17) is 4.74 Å². The van der Waals surface area contributed by atoms with E-state index in [0.717, 1.165) is 42.5 Å². The van der Waals surface area contributed by atoms with E-state index in [1.54, 1.807) is 42.8 Å². The Labute approximate surface area is 250 Å². The number of benzene rings is 3. The van der Waals surface area contributed by atoms with Gasteiger partial charge in [0.2, 0.25) is 5.91 Å². The van der Waals surface area contributed by atoms with Gasteiger partial charge in [-0.2, -0.15) is 0 Å². The summed E-state index contributed by atoms with van der Waals surface area (Å²) in [5.41, 5.74) is 3.27. The fourth-order valence-corrected chi connectivity index (χ4v) is 5.69. The summed E-state index contributed by atoms with van der Waals surface area (Å²) in [5, 5.41) is 6.04. The molecular weight excluding hydrogens is 544 g/mol. The normalized spacial score (nSPS) is 14.3. The minimum atomic E-state index is -0.820. The lowest BCUT2D eigenvalue weighted by Gasteiger charge is -2.26. The van der Waals surface area contributed by atoms with Gasteiger partial charge in [0.15, 0.2) is 0 Å². The molecule has 9 heteroatoms. The van der Waals surface area contributed by atoms with E-state index in [1.165, 1.54) is 6.42 Å². The summed E-state index contributed by atoms with van der Waals surface area (Å²) in [5.74, 6) is -1.05. The van der Waals surface area contributed by atoms with Crippen molar-refractivity contribution in [2.45, 2.75) is 70.9 Å². The van der Waals surface area contributed by atoms with Crippen molar-refractivity contribution < 1.29 is 19.1 Å². The summed E-state index contributed by atoms with van der Waals surface area (Å²) in [6.45, 7) is 3.74. The number of rotatable bonds is 10. The Morgan fingerprint density at radius 1 is 0.953 bits per heavy atom. The van der Waals surface area contributed by atoms with E-state index in [-0.39, 0.29) is 23.5 Å². The van der Waals surface area contributed by atoms with Gasteiger partial charge >= 0.3 is 5.97 Å². The Hall–Kier alpha value is -4.66. The molecular formula is C34H38N4O5. The number of amides is 2. The Morgan fingerprint density at radius 3 is 2.37 bits per heavy atom. The molecule has 9 nitrogen and oxygen atoms in total. The molecule has 43 heavy (non-hydrogen) atoms. The molecule has 2 amide bonds. The SMILES string of the molecule is CCOC(=O)CCc1ccc(NC(=O)[C@H](C)NC(=O)c2ccc3c(c2)c(=O)n(-c2ccccc2)n3C2CCCCC2)cc1. The second-order valence-corrected chi connectivity index (χ2v) is 11.0. The van der Waals surface area contributed by atoms with E-state index < -0.39 is 11.9 Å². The predicted octanol–water partition coefficient (Wildman–Crippen LogP) is 5.55. The standard InChI is InChI=1S/C34H38N4O5/c1-3-43-31(39)21-16-24-14-18-26(19-15-24)36-32(40)23(2)35-33(41)25-17-20-30-29(22-25)34(42)38(28-12-8-5-9-13-28)37(30)27-10-6-4-7-11-27/h5,8-9,12-15,17-20,22-23,27H,3-4,6-7,10-11,16,21H2,1-2H3,(H,35,41)(H,36,40)/t23-/m0/s1. The number of aryl methyl sites for hydroxylation is 1. The van der Waals surface area contributed by atoms with Crippen LogP contribution in [0.3, 0.4) is 0 Å². The van der Waals surface area contributed by atoms with Crippen LogP contribution < -0.4 is 16.2 Å². The number of carbonyl (C=O) groups is 3. The Bertz CT molecular complexity index is 1650. The van der Waals surface area contributed by atoms with Crippen LogP contribution in [0.2, 0.25) is 0 Å². The summed E-state index contributed by atoms with van der Waals surface area (Å²) < 4.78 is 8.80. The van der Waals surface area contributed by atoms with Gasteiger partial charge < -0.3 is 15.4 Å². The van der Waals surface area contributed by atoms with E-state index >= 15 is 0 Å². The van der Waals surface area contributed by atoms with Crippen LogP contribution in [0.4, 0.5) is 5.69 Å². The first kappa shape index (κ1) is 29.8. The molecule has 0 bridgehead atoms. The van der Waals surface area contributed by atoms with Gasteiger partial charge in [-0.05, 0) is 81.1 Å². The number of fused-ring (bicyclic) bond motifs is 1. The van der Waals surface area contributed by atoms with Crippen LogP contribution in [0.1, 0.15) is 74.3 Å². The maximum absolute atomic E-state index is 13.8. The highest BCUT2D eigenvalue weighted by Gasteiger charge is 2.25. The number of ether oxygens (including phenoxy) is 1. The second-order valence-electron chi connectivity index (χ2n) is 11.0. The molecule has 0 radical (unpaired) electrons. The number of carbonyl (C=O) groups excluding carboxylic acids is 3. The predicted molar refractivity (Wildman–Crippen MR) is 167 cm³/mol. The van der Waals surface area contributed by atoms with Crippen molar-refractivity contribution >= 4 is 34.4 Å². The molecule has 0 unspecified atom stereocenters. The number of nitrogens with one attached hydrogen (secondary N) is 2. The van der Waals surface area contributed by atoms with Crippen LogP contribution in [0.15, 0.2) is 77.6 Å². The van der Waals surface area contributed by atoms with Crippen molar-refractivity contribution in [1.29, 1.82) is 0 Å². The quantitative estimate of drug-likeness (QED) is 0.238. The van der Waals surface area contributed by atoms with E-state index in [9.17, 15) is 19.2 Å². The van der Waals surface area contributed by atoms with Gasteiger partial charge in [0.05, 0.1) is 29.2 Å². The second kappa shape index (κ2) is 13.5. The molecule has 1 aliphatic carbocycles. The molecule has 5 rings (SSSR count). The van der Waals surface area contributed by atoms with Gasteiger partial charge in [0.1, 0.15) is 6.04 Å². The molecule has 1 atom stereocenters. The van der Waals surface area contributed by atoms with Crippen molar-refractivity contribution in [3.05, 3.63) is 94.3 Å². The maximum atomic E-state index is 13.8. The molecule has 2 N–H and O–H groups in total. The first-order valence-electron chi connectivity index (χ1n) is 15.0. The number of anilines is 1. The van der Waals surface area contributed by atoms with Gasteiger partial charge in [0, 0.05) is 17.7 Å². The van der Waals surface area contributed by atoms with Crippen molar-refractivity contribution in [2.75, 3.05) is 11.9 Å². The van der Waals surface area contributed by atoms with Crippen molar-refractivity contribution in [3.8, 4) is 5.69 Å². The van der Waals surface area contributed by atoms with Gasteiger partial charge in [0.25, 0.3) is 11.5 Å². The molecule has 1 aromatic heterocycles. The minimum Gasteiger partial charge on any atom is -0.466 e. The molecule has 1 fully saturated rings. The van der Waals surface area contributed by atoms with Crippen LogP contribution >= 0.6 is 0 Å². The van der Waals surface area contributed by atoms with Crippen LogP contribution in [0, 0.1) is 0 Å². The lowest BCUT2D eigenvalue weighted by Crippen LogP contribution is -2.41. The first-order chi connectivity index (χ1) is 20.9. The number of hydrogen-bond donors (Lipinski definition) is 2. The third-order valence-corrected chi connectivity index (χ3v) is 7.95. The summed E-state index contributed by atoms with van der Waals surface area (Å²) in [7, 11) is 0. The molecule has 0 spiro atoms. The van der Waals surface area contributed by atoms with Crippen molar-refractivity contribution in [3.63, 3.8) is 0 Å². The number of para-hydroxylation sites is 1. The van der Waals surface area contributed by atoms with Crippen molar-refractivity contribution in [1.82, 2.24) is 14.7 Å². The minimum absolute atomic E-state index is 0.169. The van der Waals surface area contributed by atoms with Gasteiger partial charge in [-0.3, -0.25) is 23.9 Å². The van der Waals surface area contributed by atoms with Crippen LogP contribution in [-0.4, -0.2) is 39.8 Å². The fraction of sp³-hybridized carbons (Fsp3) is 0.353. The number of nitrogens with zero attached hydrogens (tertiary/aromatic N) is 2. The summed E-state index contributed by atoms with van der Waals surface area (Å²) in [4.78, 5) is 51.4. The third-order valence-electron chi connectivity index (χ3n) is 7.95. The first-order valence-corrected chi connectivity index (χ1v) is 15.0. The zero-order valence-corrected chi connectivity index (χ0v) is 24.7. The number of hydrogen-bond acceptors (Lipinski definition) is 5. The zero-order valence-electron chi connectivity index (χ0n) is 24.7. The lowest BCUT2D eigenvalue weighted by atomic mass is 9.95. The summed E-state index contributed by atoms with van der Waals surface area (Å²) in [6, 6.07) is 21.4. The summed E-state index contributed by atoms with van der Waals surface area (Å²) in [6.07, 6.45) is 6.27. The van der Waals surface area contributed by atoms with E-state index in [2.05, 4.69) is 15.3 Å². The summed E-state index contributed by atoms with van der Waals surface area (Å²) >= 11 is 0. The maximum Gasteiger partial charge on any atom is 0.306 e. The van der Waals surface area contributed by atoms with Crippen LogP contribution in [0.25, 0.3) is 16.6 Å². The smallest absolute Gasteiger partial charge is 0.306 e. The van der Waals surface area contributed by atoms with Crippen LogP contribution in [0.5, 0.6) is 0 Å². The Kier molecular flexibility index (Phi) is 9.39. The molecule has 1 aliphatic rings. The fourth-order valence-electron chi connectivity index (χ4n) is 5.69. The molecule has 4 aromatic rings. The lowest BCUT2D eigenvalue weighted by molar-refractivity contribution is -0.143. The average molecular weight is 583 g/mol. The molecule has 0 aliphatic heterocycles. The van der Waals surface area contributed by atoms with Crippen LogP contribution in [-0.2, 0) is 20.7 Å². The topological polar surface area (TPSA) is 111 Å². The molecule has 0 saturated heterocycles. The highest BCUT2D eigenvalue weighted by Crippen LogP contribution is 2.32. The Morgan fingerprint density at radius 2 is 1.67 bits per heavy atom. The number of aromatic nitrogens is 2. The molecule has 3 aromatic carbocycles. The molecule has 1 saturated carbocycles. The van der Waals surface area contributed by atoms with Gasteiger partial charge in [-0.1, -0.05) is 49.6 Å².